The van der Waals surface area contributed by atoms with Crippen LogP contribution in [0.3, 0.4) is 0 Å². The first-order chi connectivity index (χ1) is 18.2. The molecule has 0 aromatic carbocycles. The largest absolute Gasteiger partial charge is 0.468 e. The molecule has 0 aromatic rings. The Morgan fingerprint density at radius 3 is 1.46 bits per heavy atom. The Morgan fingerprint density at radius 1 is 0.615 bits per heavy atom. The van der Waals surface area contributed by atoms with Gasteiger partial charge in [0.05, 0.1) is 26.3 Å². The first-order valence-corrected chi connectivity index (χ1v) is 13.4. The lowest BCUT2D eigenvalue weighted by molar-refractivity contribution is -0.144. The Balaban J connectivity index is -0.000000513. The summed E-state index contributed by atoms with van der Waals surface area (Å²) in [5, 5.41) is 21.0. The number of esters is 2. The molecule has 0 fully saturated rings. The van der Waals surface area contributed by atoms with Gasteiger partial charge in [0.25, 0.3) is 0 Å². The number of methoxy groups -OCH3 is 2. The number of amides is 1. The molecule has 0 aromatic heterocycles. The number of carbonyl (C=O) groups excluding carboxylic acids is 4. The normalized spacial score (nSPS) is 15.8. The molecule has 0 aliphatic carbocycles. The van der Waals surface area contributed by atoms with Crippen molar-refractivity contribution in [3.05, 3.63) is 0 Å². The first kappa shape index (κ1) is 41.3. The zero-order chi connectivity index (χ0) is 31.0. The molecule has 7 unspecified atom stereocenters. The Kier molecular flexibility index (Phi) is 27.6. The molecule has 0 aliphatic rings. The average Bonchev–Trinajstić information content (AvgIpc) is 2.95. The lowest BCUT2D eigenvalue weighted by atomic mass is 10.2. The van der Waals surface area contributed by atoms with Gasteiger partial charge in [0.15, 0.2) is 0 Å². The lowest BCUT2D eigenvalue weighted by Gasteiger charge is -2.19. The SMILES string of the molecule is CNC(C)C(=O)NC(C)C(=O)OC.CNC(C)CNC(C)C=O.CNC(C)CNC(C)CNC(C)C(=O)OC. The van der Waals surface area contributed by atoms with Gasteiger partial charge in [-0.25, -0.2) is 4.79 Å². The van der Waals surface area contributed by atoms with Crippen molar-refractivity contribution < 1.29 is 28.7 Å². The van der Waals surface area contributed by atoms with E-state index >= 15 is 0 Å². The number of carbonyl (C=O) groups is 4. The zero-order valence-corrected chi connectivity index (χ0v) is 26.2. The smallest absolute Gasteiger partial charge is 0.328 e. The van der Waals surface area contributed by atoms with E-state index < -0.39 is 12.0 Å². The maximum atomic E-state index is 11.2. The summed E-state index contributed by atoms with van der Waals surface area (Å²) >= 11 is 0. The quantitative estimate of drug-likeness (QED) is 0.0831. The molecule has 0 heterocycles. The number of ether oxygens (including phenoxy) is 2. The van der Waals surface area contributed by atoms with E-state index in [0.29, 0.717) is 18.1 Å². The summed E-state index contributed by atoms with van der Waals surface area (Å²) in [6.07, 6.45) is 0.905. The number of hydrogen-bond acceptors (Lipinski definition) is 12. The lowest BCUT2D eigenvalue weighted by Crippen LogP contribution is -2.47. The maximum absolute atomic E-state index is 11.2. The molecule has 7 atom stereocenters. The van der Waals surface area contributed by atoms with Gasteiger partial charge in [-0.3, -0.25) is 9.59 Å². The highest BCUT2D eigenvalue weighted by atomic mass is 16.5. The average molecular weight is 564 g/mol. The van der Waals surface area contributed by atoms with Crippen LogP contribution in [0.4, 0.5) is 0 Å². The van der Waals surface area contributed by atoms with E-state index in [0.717, 1.165) is 25.9 Å². The molecule has 0 spiro atoms. The molecular weight excluding hydrogens is 506 g/mol. The van der Waals surface area contributed by atoms with Crippen LogP contribution in [-0.2, 0) is 28.7 Å². The molecule has 0 saturated heterocycles. The van der Waals surface area contributed by atoms with Gasteiger partial charge in [-0.1, -0.05) is 0 Å². The van der Waals surface area contributed by atoms with Gasteiger partial charge in [-0.15, -0.1) is 0 Å². The van der Waals surface area contributed by atoms with Crippen molar-refractivity contribution in [2.75, 3.05) is 55.0 Å². The molecular formula is C26H57N7O6. The van der Waals surface area contributed by atoms with Crippen molar-refractivity contribution in [3.63, 3.8) is 0 Å². The van der Waals surface area contributed by atoms with Crippen LogP contribution < -0.4 is 37.2 Å². The second-order valence-corrected chi connectivity index (χ2v) is 9.44. The monoisotopic (exact) mass is 563 g/mol. The number of aldehydes is 1. The summed E-state index contributed by atoms with van der Waals surface area (Å²) < 4.78 is 9.08. The highest BCUT2D eigenvalue weighted by Gasteiger charge is 2.18. The van der Waals surface area contributed by atoms with E-state index in [1.165, 1.54) is 14.2 Å². The predicted octanol–water partition coefficient (Wildman–Crippen LogP) is -1.23. The fourth-order valence-corrected chi connectivity index (χ4v) is 2.38. The maximum Gasteiger partial charge on any atom is 0.328 e. The summed E-state index contributed by atoms with van der Waals surface area (Å²) in [4.78, 5) is 43.4. The van der Waals surface area contributed by atoms with Crippen LogP contribution in [0, 0.1) is 0 Å². The second kappa shape index (κ2) is 26.1. The molecule has 0 aliphatic heterocycles. The van der Waals surface area contributed by atoms with E-state index in [9.17, 15) is 19.2 Å². The third kappa shape index (κ3) is 24.6. The summed E-state index contributed by atoms with van der Waals surface area (Å²) in [5.74, 6) is -0.896. The molecule has 232 valence electrons. The minimum Gasteiger partial charge on any atom is -0.468 e. The fourth-order valence-electron chi connectivity index (χ4n) is 2.38. The van der Waals surface area contributed by atoms with Crippen molar-refractivity contribution in [1.82, 2.24) is 37.2 Å². The molecule has 39 heavy (non-hydrogen) atoms. The molecule has 0 radical (unpaired) electrons. The van der Waals surface area contributed by atoms with Gasteiger partial charge in [-0.05, 0) is 69.6 Å². The standard InChI is InChI=1S/C11H25N3O2.C8H16N2O3.C7H16N2O/c1-8(12-4)6-13-9(2)7-14-10(3)11(15)16-5;1-5(9-3)7(11)10-6(2)8(12)13-4;1-6(8-3)4-9-7(2)5-10/h8-10,12-14H,6-7H2,1-5H3;5-6,9H,1-4H3,(H,10,11);5-9H,4H2,1-3H3. The Bertz CT molecular complexity index is 656. The molecule has 0 bridgehead atoms. The number of nitrogens with one attached hydrogen (secondary N) is 7. The van der Waals surface area contributed by atoms with Gasteiger partial charge >= 0.3 is 11.9 Å². The summed E-state index contributed by atoms with van der Waals surface area (Å²) in [6.45, 7) is 15.7. The minimum absolute atomic E-state index is 0.0317. The third-order valence-electron chi connectivity index (χ3n) is 5.73. The van der Waals surface area contributed by atoms with Crippen molar-refractivity contribution in [3.8, 4) is 0 Å². The van der Waals surface area contributed by atoms with Gasteiger partial charge in [0.2, 0.25) is 5.91 Å². The zero-order valence-electron chi connectivity index (χ0n) is 26.2. The third-order valence-corrected chi connectivity index (χ3v) is 5.73. The van der Waals surface area contributed by atoms with Crippen molar-refractivity contribution in [1.29, 1.82) is 0 Å². The Labute approximate surface area is 236 Å². The van der Waals surface area contributed by atoms with E-state index in [1.807, 2.05) is 21.0 Å². The van der Waals surface area contributed by atoms with Crippen LogP contribution in [0.15, 0.2) is 0 Å². The molecule has 7 N–H and O–H groups in total. The Morgan fingerprint density at radius 2 is 1.05 bits per heavy atom. The van der Waals surface area contributed by atoms with Crippen LogP contribution in [0.25, 0.3) is 0 Å². The number of likely N-dealkylation sites (N-methyl/N-ethyl adjacent to an activating group) is 3. The van der Waals surface area contributed by atoms with Gasteiger partial charge in [0, 0.05) is 37.8 Å². The summed E-state index contributed by atoms with van der Waals surface area (Å²) in [7, 11) is 8.20. The van der Waals surface area contributed by atoms with Crippen LogP contribution >= 0.6 is 0 Å². The molecule has 0 rings (SSSR count). The van der Waals surface area contributed by atoms with Crippen molar-refractivity contribution >= 4 is 24.1 Å². The minimum atomic E-state index is -0.603. The van der Waals surface area contributed by atoms with Crippen LogP contribution in [0.2, 0.25) is 0 Å². The molecule has 1 amide bonds. The first-order valence-electron chi connectivity index (χ1n) is 13.4. The van der Waals surface area contributed by atoms with E-state index in [4.69, 9.17) is 0 Å². The highest BCUT2D eigenvalue weighted by molar-refractivity contribution is 5.86. The number of rotatable bonds is 17. The van der Waals surface area contributed by atoms with E-state index in [1.54, 1.807) is 27.8 Å². The Hall–Kier alpha value is -2.16. The van der Waals surface area contributed by atoms with Gasteiger partial charge in [-0.2, -0.15) is 0 Å². The van der Waals surface area contributed by atoms with Crippen molar-refractivity contribution in [2.24, 2.45) is 0 Å². The van der Waals surface area contributed by atoms with Crippen LogP contribution in [0.5, 0.6) is 0 Å². The summed E-state index contributed by atoms with van der Waals surface area (Å²) in [5.41, 5.74) is 0. The second-order valence-electron chi connectivity index (χ2n) is 9.44. The highest BCUT2D eigenvalue weighted by Crippen LogP contribution is 1.89. The van der Waals surface area contributed by atoms with Gasteiger partial charge < -0.3 is 51.5 Å². The van der Waals surface area contributed by atoms with Gasteiger partial charge in [0.1, 0.15) is 18.4 Å². The van der Waals surface area contributed by atoms with E-state index in [-0.39, 0.29) is 30.0 Å². The molecule has 13 nitrogen and oxygen atoms in total. The topological polar surface area (TPSA) is 171 Å². The van der Waals surface area contributed by atoms with Crippen LogP contribution in [-0.4, -0.2) is 121 Å². The fraction of sp³-hybridized carbons (Fsp3) is 0.846. The van der Waals surface area contributed by atoms with E-state index in [2.05, 4.69) is 67.5 Å². The summed E-state index contributed by atoms with van der Waals surface area (Å²) in [6, 6.07) is -0.0158. The molecule has 13 heteroatoms. The predicted molar refractivity (Wildman–Crippen MR) is 156 cm³/mol. The number of hydrogen-bond donors (Lipinski definition) is 7. The van der Waals surface area contributed by atoms with Crippen molar-refractivity contribution in [2.45, 2.75) is 90.8 Å². The molecule has 0 saturated carbocycles. The van der Waals surface area contributed by atoms with Crippen LogP contribution in [0.1, 0.15) is 48.5 Å².